The van der Waals surface area contributed by atoms with Crippen molar-refractivity contribution in [3.8, 4) is 0 Å². The molecular weight excluding hydrogens is 184 g/mol. The summed E-state index contributed by atoms with van der Waals surface area (Å²) in [5.41, 5.74) is 3.82. The number of nitrogens with zero attached hydrogens (tertiary/aromatic N) is 2. The quantitative estimate of drug-likeness (QED) is 0.577. The van der Waals surface area contributed by atoms with Crippen molar-refractivity contribution in [2.75, 3.05) is 20.8 Å². The van der Waals surface area contributed by atoms with Crippen LogP contribution < -0.4 is 4.48 Å². The number of quaternary nitrogens is 1. The number of hydrogen-bond donors (Lipinski definition) is 0. The minimum atomic E-state index is 0.850. The fourth-order valence-corrected chi connectivity index (χ4v) is 1.75. The summed E-state index contributed by atoms with van der Waals surface area (Å²) in [4.78, 5) is 4.51. The summed E-state index contributed by atoms with van der Waals surface area (Å²) in [6, 6.07) is 8.50. The molecule has 0 aliphatic carbocycles. The lowest BCUT2D eigenvalue weighted by Crippen LogP contribution is -2.44. The summed E-state index contributed by atoms with van der Waals surface area (Å²) in [7, 11) is 4.38. The van der Waals surface area contributed by atoms with Gasteiger partial charge in [-0.2, -0.15) is 0 Å². The maximum Gasteiger partial charge on any atom is 0.177 e. The number of rotatable bonds is 0. The molecule has 0 radical (unpaired) electrons. The normalized spacial score (nSPS) is 17.0. The first-order chi connectivity index (χ1) is 7.11. The summed E-state index contributed by atoms with van der Waals surface area (Å²) in [6.07, 6.45) is 0. The van der Waals surface area contributed by atoms with Crippen molar-refractivity contribution in [1.29, 1.82) is 0 Å². The van der Waals surface area contributed by atoms with Crippen molar-refractivity contribution in [1.82, 2.24) is 4.48 Å². The zero-order chi connectivity index (χ0) is 11.5. The van der Waals surface area contributed by atoms with E-state index in [1.807, 2.05) is 13.8 Å². The van der Waals surface area contributed by atoms with E-state index >= 15 is 0 Å². The van der Waals surface area contributed by atoms with Gasteiger partial charge in [-0.1, -0.05) is 26.0 Å². The number of benzene rings is 1. The average molecular weight is 205 g/mol. The monoisotopic (exact) mass is 205 g/mol. The molecule has 1 aromatic carbocycles. The molecule has 82 valence electrons. The molecule has 1 heterocycles. The second-order valence-electron chi connectivity index (χ2n) is 4.09. The molecule has 2 rings (SSSR count). The first-order valence-electron chi connectivity index (χ1n) is 5.55. The van der Waals surface area contributed by atoms with Gasteiger partial charge in [0.1, 0.15) is 5.69 Å². The van der Waals surface area contributed by atoms with Crippen LogP contribution in [-0.2, 0) is 0 Å². The molecule has 0 saturated carbocycles. The van der Waals surface area contributed by atoms with Crippen LogP contribution >= 0.6 is 0 Å². The van der Waals surface area contributed by atoms with Crippen LogP contribution in [0.15, 0.2) is 29.3 Å². The summed E-state index contributed by atoms with van der Waals surface area (Å²) < 4.78 is 0.855. The van der Waals surface area contributed by atoms with Crippen LogP contribution in [0.25, 0.3) is 0 Å². The number of fused-ring (bicyclic) bond motifs is 1. The van der Waals surface area contributed by atoms with E-state index in [-0.39, 0.29) is 0 Å². The molecule has 2 heteroatoms. The number of aliphatic imine (C=N–C) groups is 1. The zero-order valence-corrected chi connectivity index (χ0v) is 10.4. The van der Waals surface area contributed by atoms with Crippen LogP contribution in [0.3, 0.4) is 0 Å². The van der Waals surface area contributed by atoms with Crippen molar-refractivity contribution < 1.29 is 0 Å². The van der Waals surface area contributed by atoms with E-state index in [1.54, 1.807) is 0 Å². The minimum absolute atomic E-state index is 0.850. The summed E-state index contributed by atoms with van der Waals surface area (Å²) in [5.74, 6) is 0. The average Bonchev–Trinajstić information content (AvgIpc) is 2.27. The Morgan fingerprint density at radius 3 is 2.33 bits per heavy atom. The Morgan fingerprint density at radius 1 is 1.13 bits per heavy atom. The lowest BCUT2D eigenvalue weighted by Gasteiger charge is -2.32. The van der Waals surface area contributed by atoms with Crippen LogP contribution in [0.5, 0.6) is 0 Å². The number of hydrogen-bond acceptors (Lipinski definition) is 1. The Kier molecular flexibility index (Phi) is 3.64. The fraction of sp³-hybridized carbons (Fsp3) is 0.462. The smallest absolute Gasteiger partial charge is 0.177 e. The van der Waals surface area contributed by atoms with Crippen molar-refractivity contribution in [2.45, 2.75) is 20.8 Å². The molecule has 2 nitrogen and oxygen atoms in total. The maximum atomic E-state index is 4.51. The minimum Gasteiger partial charge on any atom is -0.277 e. The van der Waals surface area contributed by atoms with Crippen molar-refractivity contribution in [3.05, 3.63) is 29.8 Å². The first kappa shape index (κ1) is 11.9. The summed E-state index contributed by atoms with van der Waals surface area (Å²) in [6.45, 7) is 6.93. The lowest BCUT2D eigenvalue weighted by atomic mass is 10.1. The van der Waals surface area contributed by atoms with Gasteiger partial charge >= 0.3 is 0 Å². The highest BCUT2D eigenvalue weighted by Crippen LogP contribution is 2.27. The van der Waals surface area contributed by atoms with Gasteiger partial charge in [-0.15, -0.1) is 0 Å². The molecule has 0 bridgehead atoms. The second kappa shape index (κ2) is 4.58. The molecule has 1 aliphatic rings. The van der Waals surface area contributed by atoms with Gasteiger partial charge in [0, 0.05) is 0 Å². The predicted octanol–water partition coefficient (Wildman–Crippen LogP) is 3.06. The molecule has 0 aromatic heterocycles. The fourth-order valence-electron chi connectivity index (χ4n) is 1.75. The Bertz CT molecular complexity index is 365. The Labute approximate surface area is 92.9 Å². The molecule has 1 aromatic rings. The summed E-state index contributed by atoms with van der Waals surface area (Å²) >= 11 is 0. The van der Waals surface area contributed by atoms with E-state index in [0.29, 0.717) is 0 Å². The van der Waals surface area contributed by atoms with Gasteiger partial charge in [0.15, 0.2) is 6.67 Å². The summed E-state index contributed by atoms with van der Waals surface area (Å²) in [5, 5.41) is 0. The highest BCUT2D eigenvalue weighted by molar-refractivity contribution is 6.04. The molecule has 0 amide bonds. The third-order valence-corrected chi connectivity index (χ3v) is 2.61. The SMILES string of the molecule is CC.CC1=NC[N+](C)(C)c2ccccc21. The van der Waals surface area contributed by atoms with Gasteiger partial charge in [-0.05, 0) is 19.1 Å². The van der Waals surface area contributed by atoms with Crippen LogP contribution in [-0.4, -0.2) is 26.5 Å². The van der Waals surface area contributed by atoms with Gasteiger partial charge < -0.3 is 0 Å². The van der Waals surface area contributed by atoms with Crippen molar-refractivity contribution >= 4 is 11.4 Å². The lowest BCUT2D eigenvalue weighted by molar-refractivity contribution is 0.406. The second-order valence-corrected chi connectivity index (χ2v) is 4.09. The zero-order valence-electron chi connectivity index (χ0n) is 10.4. The van der Waals surface area contributed by atoms with Gasteiger partial charge in [-0.3, -0.25) is 4.48 Å². The third-order valence-electron chi connectivity index (χ3n) is 2.61. The predicted molar refractivity (Wildman–Crippen MR) is 68.5 cm³/mol. The molecular formula is C13H21N2+. The largest absolute Gasteiger partial charge is 0.277 e. The maximum absolute atomic E-state index is 4.51. The molecule has 0 atom stereocenters. The molecule has 0 fully saturated rings. The molecule has 1 aliphatic heterocycles. The molecule has 0 spiro atoms. The van der Waals surface area contributed by atoms with E-state index in [9.17, 15) is 0 Å². The van der Waals surface area contributed by atoms with Gasteiger partial charge in [-0.25, -0.2) is 4.99 Å². The van der Waals surface area contributed by atoms with Gasteiger partial charge in [0.2, 0.25) is 0 Å². The third kappa shape index (κ3) is 2.26. The Morgan fingerprint density at radius 2 is 1.73 bits per heavy atom. The Hall–Kier alpha value is -1.15. The van der Waals surface area contributed by atoms with Crippen LogP contribution in [0.4, 0.5) is 5.69 Å². The highest BCUT2D eigenvalue weighted by Gasteiger charge is 2.26. The van der Waals surface area contributed by atoms with E-state index < -0.39 is 0 Å². The van der Waals surface area contributed by atoms with Crippen LogP contribution in [0, 0.1) is 0 Å². The molecule has 0 unspecified atom stereocenters. The Balaban J connectivity index is 0.000000531. The van der Waals surface area contributed by atoms with Crippen molar-refractivity contribution in [3.63, 3.8) is 0 Å². The highest BCUT2D eigenvalue weighted by atomic mass is 15.4. The van der Waals surface area contributed by atoms with Crippen LogP contribution in [0.1, 0.15) is 26.3 Å². The van der Waals surface area contributed by atoms with Gasteiger partial charge in [0.25, 0.3) is 0 Å². The van der Waals surface area contributed by atoms with E-state index in [1.165, 1.54) is 11.3 Å². The van der Waals surface area contributed by atoms with E-state index in [4.69, 9.17) is 0 Å². The van der Waals surface area contributed by atoms with Crippen LogP contribution in [0.2, 0.25) is 0 Å². The topological polar surface area (TPSA) is 12.4 Å². The standard InChI is InChI=1S/C11H15N2.C2H6/c1-9-10-6-4-5-7-11(10)13(2,3)8-12-9;1-2/h4-7H,8H2,1-3H3;1-2H3/q+1;. The first-order valence-corrected chi connectivity index (χ1v) is 5.55. The van der Waals surface area contributed by atoms with Gasteiger partial charge in [0.05, 0.1) is 25.4 Å². The number of para-hydroxylation sites is 1. The van der Waals surface area contributed by atoms with Crippen molar-refractivity contribution in [2.24, 2.45) is 4.99 Å². The van der Waals surface area contributed by atoms with E-state index in [2.05, 4.69) is 50.3 Å². The molecule has 0 N–H and O–H groups in total. The van der Waals surface area contributed by atoms with E-state index in [0.717, 1.165) is 16.9 Å². The molecule has 0 saturated heterocycles. The molecule has 15 heavy (non-hydrogen) atoms.